The van der Waals surface area contributed by atoms with E-state index in [9.17, 15) is 13.2 Å². The Balaban J connectivity index is 1.85. The van der Waals surface area contributed by atoms with Crippen molar-refractivity contribution in [3.05, 3.63) is 41.5 Å². The highest BCUT2D eigenvalue weighted by Gasteiger charge is 2.30. The van der Waals surface area contributed by atoms with Crippen LogP contribution in [0.3, 0.4) is 0 Å². The van der Waals surface area contributed by atoms with Gasteiger partial charge in [0.25, 0.3) is 0 Å². The Morgan fingerprint density at radius 2 is 1.79 bits per heavy atom. The van der Waals surface area contributed by atoms with Gasteiger partial charge in [-0.25, -0.2) is 0 Å². The summed E-state index contributed by atoms with van der Waals surface area (Å²) in [6, 6.07) is 6.42. The molecule has 0 aliphatic carbocycles. The number of benzene rings is 1. The molecule has 0 radical (unpaired) electrons. The first-order chi connectivity index (χ1) is 9.02. The average Bonchev–Trinajstić information content (AvgIpc) is 2.37. The van der Waals surface area contributed by atoms with Crippen LogP contribution in [0.1, 0.15) is 36.8 Å². The van der Waals surface area contributed by atoms with Crippen molar-refractivity contribution in [2.75, 3.05) is 0 Å². The van der Waals surface area contributed by atoms with Crippen molar-refractivity contribution in [3.8, 4) is 0 Å². The molecule has 0 saturated carbocycles. The van der Waals surface area contributed by atoms with Crippen molar-refractivity contribution in [2.45, 2.75) is 43.9 Å². The lowest BCUT2D eigenvalue weighted by Crippen LogP contribution is -2.44. The van der Waals surface area contributed by atoms with Gasteiger partial charge in [0, 0.05) is 12.1 Å². The predicted molar refractivity (Wildman–Crippen MR) is 68.6 cm³/mol. The minimum Gasteiger partial charge on any atom is -0.307 e. The Hall–Kier alpha value is -1.29. The summed E-state index contributed by atoms with van der Waals surface area (Å²) >= 11 is 0. The highest BCUT2D eigenvalue weighted by Crippen LogP contribution is 2.33. The monoisotopic (exact) mass is 267 g/mol. The summed E-state index contributed by atoms with van der Waals surface area (Å²) in [4.78, 5) is 0. The zero-order valence-electron chi connectivity index (χ0n) is 10.5. The highest BCUT2D eigenvalue weighted by atomic mass is 19.4. The summed E-state index contributed by atoms with van der Waals surface area (Å²) in [6.07, 6.45) is 2.37. The largest absolute Gasteiger partial charge is 0.416 e. The Morgan fingerprint density at radius 3 is 2.42 bits per heavy atom. The van der Waals surface area contributed by atoms with Crippen LogP contribution in [0, 0.1) is 0 Å². The number of hydrogen-bond acceptors (Lipinski definition) is 1. The number of fused-ring (bicyclic) bond motifs is 2. The molecule has 0 aromatic heterocycles. The molecular weight excluding hydrogens is 251 g/mol. The van der Waals surface area contributed by atoms with Crippen LogP contribution in [0.4, 0.5) is 13.2 Å². The second-order valence-corrected chi connectivity index (χ2v) is 5.37. The second-order valence-electron chi connectivity index (χ2n) is 5.37. The van der Waals surface area contributed by atoms with Gasteiger partial charge in [-0.1, -0.05) is 24.6 Å². The second kappa shape index (κ2) is 4.67. The van der Waals surface area contributed by atoms with Crippen LogP contribution >= 0.6 is 0 Å². The van der Waals surface area contributed by atoms with Crippen LogP contribution in [0.25, 0.3) is 5.57 Å². The fraction of sp³-hybridized carbons (Fsp3) is 0.467. The first-order valence-corrected chi connectivity index (χ1v) is 6.67. The lowest BCUT2D eigenvalue weighted by molar-refractivity contribution is -0.137. The van der Waals surface area contributed by atoms with Crippen LogP contribution in [0.15, 0.2) is 30.3 Å². The zero-order chi connectivity index (χ0) is 13.5. The minimum absolute atomic E-state index is 0.393. The molecule has 1 N–H and O–H groups in total. The van der Waals surface area contributed by atoms with Gasteiger partial charge in [0.2, 0.25) is 0 Å². The van der Waals surface area contributed by atoms with Gasteiger partial charge < -0.3 is 5.32 Å². The molecule has 2 atom stereocenters. The van der Waals surface area contributed by atoms with E-state index in [1.165, 1.54) is 24.1 Å². The van der Waals surface area contributed by atoms with E-state index in [0.717, 1.165) is 24.8 Å². The lowest BCUT2D eigenvalue weighted by Gasteiger charge is -2.35. The maximum absolute atomic E-state index is 12.5. The van der Waals surface area contributed by atoms with Crippen molar-refractivity contribution in [2.24, 2.45) is 0 Å². The first kappa shape index (κ1) is 12.7. The first-order valence-electron chi connectivity index (χ1n) is 6.67. The number of hydrogen-bond donors (Lipinski definition) is 1. The van der Waals surface area contributed by atoms with Crippen molar-refractivity contribution < 1.29 is 13.2 Å². The standard InChI is InChI=1S/C15H16F3N/c16-15(17,18)12-6-4-10(5-7-12)11-8-13-2-1-3-14(9-11)19-13/h4-8,13-14,19H,1-3,9H2. The molecule has 1 fully saturated rings. The molecule has 2 aliphatic heterocycles. The molecule has 4 heteroatoms. The number of alkyl halides is 3. The van der Waals surface area contributed by atoms with Gasteiger partial charge >= 0.3 is 6.18 Å². The van der Waals surface area contributed by atoms with Gasteiger partial charge in [-0.05, 0) is 42.5 Å². The van der Waals surface area contributed by atoms with Crippen molar-refractivity contribution >= 4 is 5.57 Å². The molecule has 2 aliphatic rings. The fourth-order valence-corrected chi connectivity index (χ4v) is 3.01. The number of nitrogens with one attached hydrogen (secondary N) is 1. The topological polar surface area (TPSA) is 12.0 Å². The molecule has 3 rings (SSSR count). The van der Waals surface area contributed by atoms with Gasteiger partial charge in [-0.2, -0.15) is 13.2 Å². The van der Waals surface area contributed by atoms with Crippen molar-refractivity contribution in [1.29, 1.82) is 0 Å². The van der Waals surface area contributed by atoms with E-state index in [0.29, 0.717) is 12.1 Å². The van der Waals surface area contributed by atoms with E-state index < -0.39 is 11.7 Å². The molecular formula is C15H16F3N. The summed E-state index contributed by atoms with van der Waals surface area (Å²) in [6.45, 7) is 0. The SMILES string of the molecule is FC(F)(F)c1ccc(C2=CC3CCCC(C2)N3)cc1. The number of rotatable bonds is 1. The van der Waals surface area contributed by atoms with Gasteiger partial charge in [0.1, 0.15) is 0 Å². The molecule has 102 valence electrons. The third-order valence-electron chi connectivity index (χ3n) is 3.97. The highest BCUT2D eigenvalue weighted by molar-refractivity contribution is 5.68. The molecule has 2 heterocycles. The van der Waals surface area contributed by atoms with E-state index in [4.69, 9.17) is 0 Å². The van der Waals surface area contributed by atoms with Gasteiger partial charge in [0.15, 0.2) is 0 Å². The summed E-state index contributed by atoms with van der Waals surface area (Å²) in [5.41, 5.74) is 1.53. The van der Waals surface area contributed by atoms with Gasteiger partial charge in [0.05, 0.1) is 5.56 Å². The van der Waals surface area contributed by atoms with Gasteiger partial charge in [-0.15, -0.1) is 0 Å². The van der Waals surface area contributed by atoms with Crippen molar-refractivity contribution in [1.82, 2.24) is 5.32 Å². The third-order valence-corrected chi connectivity index (χ3v) is 3.97. The summed E-state index contributed by atoms with van der Waals surface area (Å²) in [7, 11) is 0. The normalized spacial score (nSPS) is 27.0. The van der Waals surface area contributed by atoms with Crippen LogP contribution in [-0.4, -0.2) is 12.1 Å². The summed E-state index contributed by atoms with van der Waals surface area (Å²) in [5, 5.41) is 3.53. The van der Waals surface area contributed by atoms with Crippen LogP contribution in [-0.2, 0) is 6.18 Å². The van der Waals surface area contributed by atoms with Crippen molar-refractivity contribution in [3.63, 3.8) is 0 Å². The third kappa shape index (κ3) is 2.68. The average molecular weight is 267 g/mol. The maximum atomic E-state index is 12.5. The van der Waals surface area contributed by atoms with E-state index in [1.54, 1.807) is 12.1 Å². The minimum atomic E-state index is -4.25. The predicted octanol–water partition coefficient (Wildman–Crippen LogP) is 4.00. The smallest absolute Gasteiger partial charge is 0.307 e. The Morgan fingerprint density at radius 1 is 1.05 bits per heavy atom. The van der Waals surface area contributed by atoms with E-state index >= 15 is 0 Å². The lowest BCUT2D eigenvalue weighted by atomic mass is 9.85. The maximum Gasteiger partial charge on any atom is 0.416 e. The fourth-order valence-electron chi connectivity index (χ4n) is 3.01. The Kier molecular flexibility index (Phi) is 3.13. The molecule has 19 heavy (non-hydrogen) atoms. The quantitative estimate of drug-likeness (QED) is 0.811. The number of piperidine rings is 1. The van der Waals surface area contributed by atoms with Crippen LogP contribution < -0.4 is 5.32 Å². The molecule has 1 aromatic rings. The molecule has 0 amide bonds. The summed E-state index contributed by atoms with van der Waals surface area (Å²) in [5.74, 6) is 0. The van der Waals surface area contributed by atoms with Crippen LogP contribution in [0.2, 0.25) is 0 Å². The molecule has 2 bridgehead atoms. The summed E-state index contributed by atoms with van der Waals surface area (Å²) < 4.78 is 37.6. The zero-order valence-corrected chi connectivity index (χ0v) is 10.5. The molecule has 1 nitrogen and oxygen atoms in total. The molecule has 1 aromatic carbocycles. The van der Waals surface area contributed by atoms with Gasteiger partial charge in [-0.3, -0.25) is 0 Å². The number of halogens is 3. The molecule has 2 unspecified atom stereocenters. The van der Waals surface area contributed by atoms with E-state index in [1.807, 2.05) is 0 Å². The van der Waals surface area contributed by atoms with Crippen LogP contribution in [0.5, 0.6) is 0 Å². The Labute approximate surface area is 110 Å². The van der Waals surface area contributed by atoms with E-state index in [2.05, 4.69) is 11.4 Å². The Bertz CT molecular complexity index is 487. The molecule has 1 saturated heterocycles. The molecule has 0 spiro atoms. The van der Waals surface area contributed by atoms with E-state index in [-0.39, 0.29) is 0 Å².